The van der Waals surface area contributed by atoms with Gasteiger partial charge >= 0.3 is 0 Å². The smallest absolute Gasteiger partial charge is 0.227 e. The summed E-state index contributed by atoms with van der Waals surface area (Å²) in [6, 6.07) is 8.33. The molecule has 0 atom stereocenters. The van der Waals surface area contributed by atoms with Crippen molar-refractivity contribution in [1.29, 1.82) is 0 Å². The average Bonchev–Trinajstić information content (AvgIpc) is 3.40. The van der Waals surface area contributed by atoms with Crippen LogP contribution in [0, 0.1) is 12.8 Å². The largest absolute Gasteiger partial charge is 0.368 e. The van der Waals surface area contributed by atoms with Crippen LogP contribution in [-0.2, 0) is 4.79 Å². The number of benzene rings is 1. The second-order valence-electron chi connectivity index (χ2n) is 11.1. The number of nitrogens with one attached hydrogen (secondary N) is 3. The molecule has 4 heterocycles. The Morgan fingerprint density at radius 1 is 1.02 bits per heavy atom. The Hall–Kier alpha value is -4.11. The van der Waals surface area contributed by atoms with Crippen LogP contribution in [0.1, 0.15) is 62.4 Å². The van der Waals surface area contributed by atoms with Crippen molar-refractivity contribution in [2.24, 2.45) is 10.9 Å². The molecule has 1 saturated heterocycles. The third kappa shape index (κ3) is 5.86. The summed E-state index contributed by atoms with van der Waals surface area (Å²) in [5.41, 5.74) is 8.47. The van der Waals surface area contributed by atoms with E-state index in [1.807, 2.05) is 24.7 Å². The number of hydrogen-bond donors (Lipinski definition) is 3. The van der Waals surface area contributed by atoms with Crippen molar-refractivity contribution in [2.75, 3.05) is 36.5 Å². The number of anilines is 2. The summed E-state index contributed by atoms with van der Waals surface area (Å²) in [7, 11) is 0. The maximum absolute atomic E-state index is 12.5. The Bertz CT molecular complexity index is 1570. The summed E-state index contributed by atoms with van der Waals surface area (Å²) < 4.78 is 0. The maximum Gasteiger partial charge on any atom is 0.227 e. The molecule has 0 unspecified atom stereocenters. The molecule has 1 amide bonds. The minimum absolute atomic E-state index is 0.0842. The van der Waals surface area contributed by atoms with Crippen LogP contribution in [0.5, 0.6) is 0 Å². The molecule has 1 aromatic carbocycles. The highest BCUT2D eigenvalue weighted by molar-refractivity contribution is 6.13. The second-order valence-corrected chi connectivity index (χ2v) is 11.1. The van der Waals surface area contributed by atoms with Crippen LogP contribution in [0.2, 0.25) is 0 Å². The van der Waals surface area contributed by atoms with Crippen molar-refractivity contribution in [2.45, 2.75) is 52.4 Å². The SMILES string of the molecule is CCNC/N=C(/c1nc2c(N3CCCCC3)cncc2[nH]1)c1cc(-c2cncc(NC(=O)C3CCC3)c2)ccc1C. The molecule has 6 rings (SSSR count). The molecule has 3 aromatic heterocycles. The molecular formula is C32H38N8O. The number of imidazole rings is 1. The van der Waals surface area contributed by atoms with E-state index in [0.717, 1.165) is 95.1 Å². The van der Waals surface area contributed by atoms with E-state index < -0.39 is 0 Å². The minimum atomic E-state index is 0.0842. The van der Waals surface area contributed by atoms with Gasteiger partial charge in [0.15, 0.2) is 5.82 Å². The highest BCUT2D eigenvalue weighted by Gasteiger charge is 2.25. The Labute approximate surface area is 240 Å². The standard InChI is InChI=1S/C32H38N8O/c1-3-33-20-36-29(31-38-27-18-35-19-28(30(27)39-31)40-12-5-4-6-13-40)26-15-23(11-10-21(26)2)24-14-25(17-34-16-24)37-32(41)22-8-7-9-22/h10-11,14-19,22,33H,3-9,12-13,20H2,1-2H3,(H,37,41)(H,38,39)/b36-29+. The summed E-state index contributed by atoms with van der Waals surface area (Å²) >= 11 is 0. The van der Waals surface area contributed by atoms with E-state index in [1.165, 1.54) is 19.3 Å². The fourth-order valence-electron chi connectivity index (χ4n) is 5.57. The number of rotatable bonds is 9. The molecule has 0 bridgehead atoms. The predicted octanol–water partition coefficient (Wildman–Crippen LogP) is 5.46. The topological polar surface area (TPSA) is 111 Å². The van der Waals surface area contributed by atoms with E-state index in [1.54, 1.807) is 6.20 Å². The van der Waals surface area contributed by atoms with Gasteiger partial charge in [-0.05, 0) is 68.8 Å². The molecule has 1 saturated carbocycles. The summed E-state index contributed by atoms with van der Waals surface area (Å²) in [5.74, 6) is 0.930. The van der Waals surface area contributed by atoms with E-state index >= 15 is 0 Å². The highest BCUT2D eigenvalue weighted by Crippen LogP contribution is 2.31. The van der Waals surface area contributed by atoms with Crippen molar-refractivity contribution < 1.29 is 4.79 Å². The molecule has 4 aromatic rings. The Balaban J connectivity index is 1.36. The molecule has 0 spiro atoms. The third-order valence-electron chi connectivity index (χ3n) is 8.20. The van der Waals surface area contributed by atoms with Crippen LogP contribution in [0.3, 0.4) is 0 Å². The second kappa shape index (κ2) is 12.2. The van der Waals surface area contributed by atoms with E-state index in [2.05, 4.69) is 62.5 Å². The number of hydrogen-bond acceptors (Lipinski definition) is 7. The van der Waals surface area contributed by atoms with Gasteiger partial charge in [-0.15, -0.1) is 0 Å². The lowest BCUT2D eigenvalue weighted by atomic mass is 9.85. The summed E-state index contributed by atoms with van der Waals surface area (Å²) in [6.45, 7) is 7.53. The normalized spacial score (nSPS) is 16.1. The van der Waals surface area contributed by atoms with Gasteiger partial charge in [0.1, 0.15) is 11.2 Å². The zero-order valence-electron chi connectivity index (χ0n) is 23.9. The number of amides is 1. The van der Waals surface area contributed by atoms with Gasteiger partial charge in [-0.2, -0.15) is 0 Å². The first kappa shape index (κ1) is 27.1. The van der Waals surface area contributed by atoms with E-state index in [4.69, 9.17) is 9.98 Å². The number of carbonyl (C=O) groups excluding carboxylic acids is 1. The Kier molecular flexibility index (Phi) is 8.04. The molecule has 212 valence electrons. The molecule has 1 aliphatic heterocycles. The van der Waals surface area contributed by atoms with Gasteiger partial charge in [-0.3, -0.25) is 25.1 Å². The van der Waals surface area contributed by atoms with E-state index in [-0.39, 0.29) is 11.8 Å². The van der Waals surface area contributed by atoms with Crippen LogP contribution in [-0.4, -0.2) is 57.9 Å². The molecule has 41 heavy (non-hydrogen) atoms. The van der Waals surface area contributed by atoms with Crippen LogP contribution >= 0.6 is 0 Å². The number of pyridine rings is 2. The number of aromatic amines is 1. The number of fused-ring (bicyclic) bond motifs is 1. The van der Waals surface area contributed by atoms with Gasteiger partial charge in [-0.1, -0.05) is 25.5 Å². The van der Waals surface area contributed by atoms with E-state index in [9.17, 15) is 4.79 Å². The lowest BCUT2D eigenvalue weighted by Crippen LogP contribution is -2.29. The van der Waals surface area contributed by atoms with Gasteiger partial charge in [0.05, 0.1) is 42.2 Å². The summed E-state index contributed by atoms with van der Waals surface area (Å²) in [6.07, 6.45) is 14.0. The lowest BCUT2D eigenvalue weighted by molar-refractivity contribution is -0.122. The van der Waals surface area contributed by atoms with Crippen LogP contribution < -0.4 is 15.5 Å². The van der Waals surface area contributed by atoms with Crippen LogP contribution in [0.25, 0.3) is 22.2 Å². The maximum atomic E-state index is 12.5. The first-order valence-corrected chi connectivity index (χ1v) is 14.8. The summed E-state index contributed by atoms with van der Waals surface area (Å²) in [5, 5.41) is 6.38. The quantitative estimate of drug-likeness (QED) is 0.188. The number of aryl methyl sites for hydroxylation is 1. The average molecular weight is 551 g/mol. The third-order valence-corrected chi connectivity index (χ3v) is 8.20. The molecule has 0 radical (unpaired) electrons. The number of piperidine rings is 1. The van der Waals surface area contributed by atoms with Crippen molar-refractivity contribution >= 4 is 34.0 Å². The fourth-order valence-corrected chi connectivity index (χ4v) is 5.57. The van der Waals surface area contributed by atoms with Crippen molar-refractivity contribution in [3.8, 4) is 11.1 Å². The molecule has 9 nitrogen and oxygen atoms in total. The number of H-pyrrole nitrogens is 1. The van der Waals surface area contributed by atoms with Crippen molar-refractivity contribution in [3.63, 3.8) is 0 Å². The fraction of sp³-hybridized carbons (Fsp3) is 0.406. The van der Waals surface area contributed by atoms with Crippen molar-refractivity contribution in [1.82, 2.24) is 25.3 Å². The molecule has 1 aliphatic carbocycles. The first-order valence-electron chi connectivity index (χ1n) is 14.8. The molecule has 2 aliphatic rings. The van der Waals surface area contributed by atoms with E-state index in [0.29, 0.717) is 6.67 Å². The number of aromatic nitrogens is 4. The van der Waals surface area contributed by atoms with Gasteiger partial charge in [0, 0.05) is 36.3 Å². The highest BCUT2D eigenvalue weighted by atomic mass is 16.1. The van der Waals surface area contributed by atoms with Gasteiger partial charge in [0.2, 0.25) is 5.91 Å². The predicted molar refractivity (Wildman–Crippen MR) is 165 cm³/mol. The monoisotopic (exact) mass is 550 g/mol. The lowest BCUT2D eigenvalue weighted by Gasteiger charge is -2.28. The van der Waals surface area contributed by atoms with Crippen LogP contribution in [0.4, 0.5) is 11.4 Å². The molecule has 3 N–H and O–H groups in total. The number of aliphatic imine (C=N–C) groups is 1. The van der Waals surface area contributed by atoms with Gasteiger partial charge in [0.25, 0.3) is 0 Å². The number of nitrogens with zero attached hydrogens (tertiary/aromatic N) is 5. The minimum Gasteiger partial charge on any atom is -0.368 e. The molecule has 2 fully saturated rings. The van der Waals surface area contributed by atoms with Crippen molar-refractivity contribution in [3.05, 3.63) is 66.0 Å². The van der Waals surface area contributed by atoms with Crippen LogP contribution in [0.15, 0.2) is 54.0 Å². The van der Waals surface area contributed by atoms with Gasteiger partial charge in [-0.25, -0.2) is 4.98 Å². The Morgan fingerprint density at radius 2 is 1.85 bits per heavy atom. The summed E-state index contributed by atoms with van der Waals surface area (Å²) in [4.78, 5) is 37.5. The molecule has 9 heteroatoms. The zero-order chi connectivity index (χ0) is 28.2. The zero-order valence-corrected chi connectivity index (χ0v) is 23.9. The first-order chi connectivity index (χ1) is 20.1. The van der Waals surface area contributed by atoms with Gasteiger partial charge < -0.3 is 15.2 Å². The Morgan fingerprint density at radius 3 is 2.63 bits per heavy atom. The number of carbonyl (C=O) groups is 1. The molecular weight excluding hydrogens is 512 g/mol.